The number of aromatic nitrogens is 2. The van der Waals surface area contributed by atoms with Gasteiger partial charge in [0, 0.05) is 25.6 Å². The van der Waals surface area contributed by atoms with E-state index >= 15 is 0 Å². The van der Waals surface area contributed by atoms with Gasteiger partial charge >= 0.3 is 0 Å². The molecule has 0 unspecified atom stereocenters. The van der Waals surface area contributed by atoms with Crippen LogP contribution >= 0.6 is 0 Å². The van der Waals surface area contributed by atoms with Gasteiger partial charge in [0.15, 0.2) is 0 Å². The Balaban J connectivity index is 1.67. The Morgan fingerprint density at radius 1 is 1.00 bits per heavy atom. The highest BCUT2D eigenvalue weighted by molar-refractivity contribution is 6.03. The number of aromatic hydroxyl groups is 1. The molecule has 4 rings (SSSR count). The van der Waals surface area contributed by atoms with Crippen molar-refractivity contribution < 1.29 is 19.0 Å². The van der Waals surface area contributed by atoms with Crippen LogP contribution in [0, 0.1) is 5.82 Å². The molecule has 0 spiro atoms. The molecule has 3 aromatic carbocycles. The van der Waals surface area contributed by atoms with Crippen LogP contribution in [-0.2, 0) is 19.9 Å². The third-order valence-corrected chi connectivity index (χ3v) is 5.48. The van der Waals surface area contributed by atoms with E-state index in [1.165, 1.54) is 18.2 Å². The number of ether oxygens (including phenoxy) is 1. The zero-order chi connectivity index (χ0) is 23.4. The molecule has 0 bridgehead atoms. The number of rotatable bonds is 7. The molecule has 2 N–H and O–H groups in total. The highest BCUT2D eigenvalue weighted by Crippen LogP contribution is 2.24. The zero-order valence-corrected chi connectivity index (χ0v) is 18.4. The number of methoxy groups -OCH3 is 1. The van der Waals surface area contributed by atoms with Crippen molar-refractivity contribution in [3.05, 3.63) is 107 Å². The number of imidazole rings is 1. The zero-order valence-electron chi connectivity index (χ0n) is 18.4. The Labute approximate surface area is 191 Å². The van der Waals surface area contributed by atoms with E-state index < -0.39 is 11.7 Å². The summed E-state index contributed by atoms with van der Waals surface area (Å²) in [5, 5.41) is 12.3. The van der Waals surface area contributed by atoms with Gasteiger partial charge in [0.05, 0.1) is 18.4 Å². The van der Waals surface area contributed by atoms with Gasteiger partial charge in [-0.15, -0.1) is 0 Å². The van der Waals surface area contributed by atoms with Crippen LogP contribution in [0.1, 0.15) is 32.9 Å². The Morgan fingerprint density at radius 3 is 2.30 bits per heavy atom. The molecule has 168 valence electrons. The quantitative estimate of drug-likeness (QED) is 0.432. The first-order valence-electron chi connectivity index (χ1n) is 10.5. The monoisotopic (exact) mass is 445 g/mol. The molecule has 4 aromatic rings. The Bertz CT molecular complexity index is 1270. The van der Waals surface area contributed by atoms with E-state index in [-0.39, 0.29) is 11.3 Å². The van der Waals surface area contributed by atoms with Crippen molar-refractivity contribution in [2.24, 2.45) is 7.05 Å². The summed E-state index contributed by atoms with van der Waals surface area (Å²) in [6, 6.07) is 20.5. The average Bonchev–Trinajstić information content (AvgIpc) is 3.10. The fourth-order valence-electron chi connectivity index (χ4n) is 3.62. The lowest BCUT2D eigenvalue weighted by atomic mass is 10.0. The average molecular weight is 445 g/mol. The molecule has 0 aliphatic heterocycles. The first-order valence-corrected chi connectivity index (χ1v) is 10.5. The van der Waals surface area contributed by atoms with Crippen molar-refractivity contribution in [1.29, 1.82) is 0 Å². The second-order valence-corrected chi connectivity index (χ2v) is 7.69. The van der Waals surface area contributed by atoms with Crippen LogP contribution in [0.15, 0.2) is 72.8 Å². The van der Waals surface area contributed by atoms with Crippen LogP contribution in [0.3, 0.4) is 0 Å². The summed E-state index contributed by atoms with van der Waals surface area (Å²) in [4.78, 5) is 17.4. The predicted molar refractivity (Wildman–Crippen MR) is 124 cm³/mol. The van der Waals surface area contributed by atoms with Crippen molar-refractivity contribution in [2.75, 3.05) is 12.4 Å². The number of hydrogen-bond acceptors (Lipinski definition) is 4. The number of phenolic OH excluding ortho intramolecular Hbond substituents is 1. The van der Waals surface area contributed by atoms with Gasteiger partial charge in [-0.1, -0.05) is 36.4 Å². The molecule has 33 heavy (non-hydrogen) atoms. The van der Waals surface area contributed by atoms with Gasteiger partial charge in [0.2, 0.25) is 5.95 Å². The second-order valence-electron chi connectivity index (χ2n) is 7.69. The molecule has 1 amide bonds. The minimum absolute atomic E-state index is 0.0442. The van der Waals surface area contributed by atoms with Crippen LogP contribution in [0.4, 0.5) is 10.3 Å². The van der Waals surface area contributed by atoms with Crippen molar-refractivity contribution in [2.45, 2.75) is 12.8 Å². The fraction of sp³-hybridized carbons (Fsp3) is 0.154. The molecule has 6 nitrogen and oxygen atoms in total. The smallest absolute Gasteiger partial charge is 0.260 e. The number of anilines is 1. The summed E-state index contributed by atoms with van der Waals surface area (Å²) >= 11 is 0. The molecule has 0 fully saturated rings. The summed E-state index contributed by atoms with van der Waals surface area (Å²) in [6.45, 7) is 0. The third-order valence-electron chi connectivity index (χ3n) is 5.48. The van der Waals surface area contributed by atoms with Gasteiger partial charge < -0.3 is 14.4 Å². The fourth-order valence-corrected chi connectivity index (χ4v) is 3.62. The summed E-state index contributed by atoms with van der Waals surface area (Å²) in [7, 11) is 3.44. The van der Waals surface area contributed by atoms with Gasteiger partial charge in [-0.25, -0.2) is 9.37 Å². The van der Waals surface area contributed by atoms with Gasteiger partial charge in [-0.2, -0.15) is 0 Å². The highest BCUT2D eigenvalue weighted by Gasteiger charge is 2.19. The summed E-state index contributed by atoms with van der Waals surface area (Å²) in [6.07, 6.45) is 1.09. The Kier molecular flexibility index (Phi) is 6.40. The number of hydrogen-bond donors (Lipinski definition) is 2. The highest BCUT2D eigenvalue weighted by atomic mass is 19.1. The SMILES string of the molecule is COc1ccc(Cc2nc(NC(=O)c3ccccc3F)n(C)c2Cc2ccc(O)cc2)cc1. The van der Waals surface area contributed by atoms with Crippen LogP contribution in [0.5, 0.6) is 11.5 Å². The lowest BCUT2D eigenvalue weighted by Crippen LogP contribution is -2.17. The van der Waals surface area contributed by atoms with Crippen molar-refractivity contribution in [1.82, 2.24) is 9.55 Å². The van der Waals surface area contributed by atoms with E-state index in [4.69, 9.17) is 4.74 Å². The number of carbonyl (C=O) groups excluding carboxylic acids is 1. The summed E-state index contributed by atoms with van der Waals surface area (Å²) in [5.41, 5.74) is 3.67. The largest absolute Gasteiger partial charge is 0.508 e. The maximum Gasteiger partial charge on any atom is 0.260 e. The van der Waals surface area contributed by atoms with Crippen LogP contribution in [0.2, 0.25) is 0 Å². The molecular weight excluding hydrogens is 421 g/mol. The van der Waals surface area contributed by atoms with Crippen LogP contribution in [-0.4, -0.2) is 27.7 Å². The standard InChI is InChI=1S/C26H24FN3O3/c1-30-24(16-18-7-11-19(31)12-8-18)23(15-17-9-13-20(33-2)14-10-17)28-26(30)29-25(32)21-5-3-4-6-22(21)27/h3-14,31H,15-16H2,1-2H3,(H,28,29,32). The van der Waals surface area contributed by atoms with Crippen LogP contribution < -0.4 is 10.1 Å². The lowest BCUT2D eigenvalue weighted by molar-refractivity contribution is 0.102. The third kappa shape index (κ3) is 5.03. The van der Waals surface area contributed by atoms with E-state index in [0.29, 0.717) is 18.8 Å². The first kappa shape index (κ1) is 22.1. The number of nitrogens with one attached hydrogen (secondary N) is 1. The van der Waals surface area contributed by atoms with Gasteiger partial charge in [-0.05, 0) is 47.5 Å². The Morgan fingerprint density at radius 2 is 1.64 bits per heavy atom. The molecule has 1 heterocycles. The molecule has 7 heteroatoms. The van der Waals surface area contributed by atoms with Crippen LogP contribution in [0.25, 0.3) is 0 Å². The molecule has 0 aliphatic rings. The van der Waals surface area contributed by atoms with E-state index in [1.54, 1.807) is 25.3 Å². The first-order chi connectivity index (χ1) is 15.9. The minimum atomic E-state index is -0.591. The van der Waals surface area contributed by atoms with E-state index in [2.05, 4.69) is 10.3 Å². The minimum Gasteiger partial charge on any atom is -0.508 e. The van der Waals surface area contributed by atoms with Gasteiger partial charge in [-0.3, -0.25) is 10.1 Å². The molecule has 0 saturated carbocycles. The lowest BCUT2D eigenvalue weighted by Gasteiger charge is -2.09. The molecule has 0 aliphatic carbocycles. The van der Waals surface area contributed by atoms with Crippen molar-refractivity contribution in [3.8, 4) is 11.5 Å². The summed E-state index contributed by atoms with van der Waals surface area (Å²) < 4.78 is 21.1. The topological polar surface area (TPSA) is 76.4 Å². The summed E-state index contributed by atoms with van der Waals surface area (Å²) in [5.74, 6) is 0.142. The van der Waals surface area contributed by atoms with Crippen molar-refractivity contribution >= 4 is 11.9 Å². The number of benzene rings is 3. The second kappa shape index (κ2) is 9.56. The normalized spacial score (nSPS) is 10.8. The molecule has 0 saturated heterocycles. The number of carbonyl (C=O) groups is 1. The number of phenols is 1. The molecular formula is C26H24FN3O3. The predicted octanol–water partition coefficient (Wildman–Crippen LogP) is 4.71. The van der Waals surface area contributed by atoms with Gasteiger partial charge in [0.25, 0.3) is 5.91 Å². The maximum atomic E-state index is 14.1. The Hall–Kier alpha value is -4.13. The van der Waals surface area contributed by atoms with E-state index in [9.17, 15) is 14.3 Å². The maximum absolute atomic E-state index is 14.1. The van der Waals surface area contributed by atoms with Gasteiger partial charge in [0.1, 0.15) is 17.3 Å². The number of nitrogens with zero attached hydrogens (tertiary/aromatic N) is 2. The van der Waals surface area contributed by atoms with E-state index in [1.807, 2.05) is 48.0 Å². The molecule has 0 radical (unpaired) electrons. The van der Waals surface area contributed by atoms with Crippen molar-refractivity contribution in [3.63, 3.8) is 0 Å². The molecule has 0 atom stereocenters. The molecule has 1 aromatic heterocycles. The number of halogens is 1. The van der Waals surface area contributed by atoms with E-state index in [0.717, 1.165) is 28.3 Å². The number of amides is 1.